The smallest absolute Gasteiger partial charge is 0.338 e. The molecule has 116 valence electrons. The van der Waals surface area contributed by atoms with Gasteiger partial charge in [0.15, 0.2) is 0 Å². The van der Waals surface area contributed by atoms with Crippen LogP contribution in [0.15, 0.2) is 23.1 Å². The van der Waals surface area contributed by atoms with Gasteiger partial charge in [-0.1, -0.05) is 13.0 Å². The van der Waals surface area contributed by atoms with Gasteiger partial charge in [0.05, 0.1) is 12.7 Å². The van der Waals surface area contributed by atoms with E-state index in [0.29, 0.717) is 12.1 Å². The van der Waals surface area contributed by atoms with E-state index in [4.69, 9.17) is 4.74 Å². The van der Waals surface area contributed by atoms with Crippen LogP contribution < -0.4 is 0 Å². The number of methoxy groups -OCH3 is 1. The number of hydrogen-bond acceptors (Lipinski definition) is 4. The minimum Gasteiger partial charge on any atom is -0.465 e. The molecule has 0 saturated heterocycles. The minimum absolute atomic E-state index is 0.223. The Bertz CT molecular complexity index is 502. The van der Waals surface area contributed by atoms with Gasteiger partial charge in [-0.3, -0.25) is 4.90 Å². The lowest BCUT2D eigenvalue weighted by Gasteiger charge is -2.37. The second-order valence-corrected chi connectivity index (χ2v) is 6.84. The van der Waals surface area contributed by atoms with Crippen LogP contribution in [-0.2, 0) is 11.2 Å². The van der Waals surface area contributed by atoms with Crippen LogP contribution in [0, 0.1) is 0 Å². The van der Waals surface area contributed by atoms with Crippen LogP contribution in [0.3, 0.4) is 0 Å². The number of hydrogen-bond donors (Lipinski definition) is 0. The molecule has 0 N–H and O–H groups in total. The van der Waals surface area contributed by atoms with Crippen molar-refractivity contribution < 1.29 is 9.53 Å². The normalized spacial score (nSPS) is 17.9. The summed E-state index contributed by atoms with van der Waals surface area (Å²) in [6.45, 7) is 7.84. The van der Waals surface area contributed by atoms with Crippen LogP contribution in [-0.4, -0.2) is 42.4 Å². The quantitative estimate of drug-likeness (QED) is 0.777. The van der Waals surface area contributed by atoms with Gasteiger partial charge < -0.3 is 4.74 Å². The summed E-state index contributed by atoms with van der Waals surface area (Å²) in [4.78, 5) is 15.8. The molecule has 1 aliphatic rings. The number of carbonyl (C=O) groups is 1. The van der Waals surface area contributed by atoms with Crippen molar-refractivity contribution in [3.8, 4) is 0 Å². The third kappa shape index (κ3) is 3.61. The van der Waals surface area contributed by atoms with Gasteiger partial charge in [0.1, 0.15) is 0 Å². The molecule has 0 spiro atoms. The average molecular weight is 307 g/mol. The van der Waals surface area contributed by atoms with Gasteiger partial charge in [-0.15, -0.1) is 11.8 Å². The molecule has 1 unspecified atom stereocenters. The number of esters is 1. The van der Waals surface area contributed by atoms with Crippen LogP contribution in [0.25, 0.3) is 0 Å². The molecule has 2 rings (SSSR count). The summed E-state index contributed by atoms with van der Waals surface area (Å²) in [5.74, 6) is 0.871. The standard InChI is InChI=1S/C17H25NO2S/c1-5-9-18(12(2)3)13-10-15-14(17(19)20-4)7-6-8-16(15)21-11-13/h6-8,12-13H,5,9-11H2,1-4H3. The number of nitrogens with zero attached hydrogens (tertiary/aromatic N) is 1. The molecule has 1 atom stereocenters. The average Bonchev–Trinajstić information content (AvgIpc) is 2.50. The highest BCUT2D eigenvalue weighted by molar-refractivity contribution is 7.99. The molecule has 1 aromatic carbocycles. The lowest BCUT2D eigenvalue weighted by Crippen LogP contribution is -2.45. The van der Waals surface area contributed by atoms with E-state index in [0.717, 1.165) is 36.3 Å². The van der Waals surface area contributed by atoms with Crippen molar-refractivity contribution in [2.45, 2.75) is 50.6 Å². The fraction of sp³-hybridized carbons (Fsp3) is 0.588. The Morgan fingerprint density at radius 2 is 2.24 bits per heavy atom. The maximum absolute atomic E-state index is 12.0. The fourth-order valence-corrected chi connectivity index (χ4v) is 4.25. The van der Waals surface area contributed by atoms with E-state index >= 15 is 0 Å². The molecule has 0 radical (unpaired) electrons. The highest BCUT2D eigenvalue weighted by Crippen LogP contribution is 2.34. The van der Waals surface area contributed by atoms with Gasteiger partial charge in [0, 0.05) is 22.7 Å². The molecular formula is C17H25NO2S. The SMILES string of the molecule is CCCN(C(C)C)C1CSc2cccc(C(=O)OC)c2C1. The molecule has 3 nitrogen and oxygen atoms in total. The highest BCUT2D eigenvalue weighted by Gasteiger charge is 2.28. The Morgan fingerprint density at radius 3 is 2.86 bits per heavy atom. The number of carbonyl (C=O) groups excluding carboxylic acids is 1. The van der Waals surface area contributed by atoms with Crippen molar-refractivity contribution in [3.63, 3.8) is 0 Å². The maximum Gasteiger partial charge on any atom is 0.338 e. The van der Waals surface area contributed by atoms with Gasteiger partial charge >= 0.3 is 5.97 Å². The van der Waals surface area contributed by atoms with Crippen molar-refractivity contribution in [2.75, 3.05) is 19.4 Å². The van der Waals surface area contributed by atoms with E-state index in [2.05, 4.69) is 31.7 Å². The molecule has 1 aliphatic heterocycles. The lowest BCUT2D eigenvalue weighted by atomic mass is 9.98. The van der Waals surface area contributed by atoms with Crippen LogP contribution in [0.4, 0.5) is 0 Å². The first kappa shape index (κ1) is 16.4. The number of fused-ring (bicyclic) bond motifs is 1. The first-order valence-electron chi connectivity index (χ1n) is 7.67. The molecule has 1 heterocycles. The van der Waals surface area contributed by atoms with Crippen LogP contribution in [0.5, 0.6) is 0 Å². The number of ether oxygens (including phenoxy) is 1. The third-order valence-corrected chi connectivity index (χ3v) is 5.27. The fourth-order valence-electron chi connectivity index (χ4n) is 3.03. The molecule has 4 heteroatoms. The second-order valence-electron chi connectivity index (χ2n) is 5.77. The van der Waals surface area contributed by atoms with Crippen molar-refractivity contribution >= 4 is 17.7 Å². The Hall–Kier alpha value is -1.00. The first-order chi connectivity index (χ1) is 10.1. The summed E-state index contributed by atoms with van der Waals surface area (Å²) < 4.78 is 4.93. The Kier molecular flexibility index (Phi) is 5.71. The van der Waals surface area contributed by atoms with E-state index < -0.39 is 0 Å². The molecule has 21 heavy (non-hydrogen) atoms. The van der Waals surface area contributed by atoms with Crippen molar-refractivity contribution in [3.05, 3.63) is 29.3 Å². The van der Waals surface area contributed by atoms with E-state index in [9.17, 15) is 4.79 Å². The zero-order valence-electron chi connectivity index (χ0n) is 13.4. The number of benzene rings is 1. The molecular weight excluding hydrogens is 282 g/mol. The van der Waals surface area contributed by atoms with Crippen LogP contribution >= 0.6 is 11.8 Å². The predicted molar refractivity (Wildman–Crippen MR) is 88.1 cm³/mol. The summed E-state index contributed by atoms with van der Waals surface area (Å²) in [6.07, 6.45) is 2.09. The summed E-state index contributed by atoms with van der Waals surface area (Å²) in [5.41, 5.74) is 1.89. The Balaban J connectivity index is 2.27. The first-order valence-corrected chi connectivity index (χ1v) is 8.65. The van der Waals surface area contributed by atoms with Gasteiger partial charge in [-0.2, -0.15) is 0 Å². The summed E-state index contributed by atoms with van der Waals surface area (Å²) in [5, 5.41) is 0. The number of thioether (sulfide) groups is 1. The minimum atomic E-state index is -0.223. The topological polar surface area (TPSA) is 29.5 Å². The van der Waals surface area contributed by atoms with E-state index in [1.54, 1.807) is 0 Å². The van der Waals surface area contributed by atoms with Crippen molar-refractivity contribution in [1.82, 2.24) is 4.90 Å². The van der Waals surface area contributed by atoms with E-state index in [-0.39, 0.29) is 5.97 Å². The van der Waals surface area contributed by atoms with Gasteiger partial charge in [0.25, 0.3) is 0 Å². The highest BCUT2D eigenvalue weighted by atomic mass is 32.2. The maximum atomic E-state index is 12.0. The molecule has 0 amide bonds. The Morgan fingerprint density at radius 1 is 1.48 bits per heavy atom. The zero-order valence-corrected chi connectivity index (χ0v) is 14.2. The van der Waals surface area contributed by atoms with Crippen LogP contribution in [0.2, 0.25) is 0 Å². The summed E-state index contributed by atoms with van der Waals surface area (Å²) >= 11 is 1.86. The molecule has 1 aromatic rings. The van der Waals surface area contributed by atoms with Gasteiger partial charge in [-0.25, -0.2) is 4.79 Å². The zero-order chi connectivity index (χ0) is 15.4. The molecule has 0 bridgehead atoms. The van der Waals surface area contributed by atoms with Crippen molar-refractivity contribution in [1.29, 1.82) is 0 Å². The third-order valence-electron chi connectivity index (χ3n) is 4.02. The molecule has 0 aromatic heterocycles. The monoisotopic (exact) mass is 307 g/mol. The lowest BCUT2D eigenvalue weighted by molar-refractivity contribution is 0.0598. The molecule has 0 saturated carbocycles. The molecule has 0 fully saturated rings. The predicted octanol–water partition coefficient (Wildman–Crippen LogP) is 3.61. The largest absolute Gasteiger partial charge is 0.465 e. The van der Waals surface area contributed by atoms with Crippen LogP contribution in [0.1, 0.15) is 43.1 Å². The number of rotatable bonds is 5. The summed E-state index contributed by atoms with van der Waals surface area (Å²) in [7, 11) is 1.45. The molecule has 0 aliphatic carbocycles. The summed E-state index contributed by atoms with van der Waals surface area (Å²) in [6, 6.07) is 6.97. The van der Waals surface area contributed by atoms with Gasteiger partial charge in [0.2, 0.25) is 0 Å². The van der Waals surface area contributed by atoms with Gasteiger partial charge in [-0.05, 0) is 50.9 Å². The Labute approximate surface area is 132 Å². The van der Waals surface area contributed by atoms with E-state index in [1.165, 1.54) is 12.0 Å². The van der Waals surface area contributed by atoms with Crippen molar-refractivity contribution in [2.24, 2.45) is 0 Å². The van der Waals surface area contributed by atoms with E-state index in [1.807, 2.05) is 23.9 Å². The second kappa shape index (κ2) is 7.32.